The summed E-state index contributed by atoms with van der Waals surface area (Å²) < 4.78 is 16.5. The van der Waals surface area contributed by atoms with Gasteiger partial charge in [-0.05, 0) is 150 Å². The predicted molar refractivity (Wildman–Crippen MR) is 246 cm³/mol. The van der Waals surface area contributed by atoms with E-state index in [1.54, 1.807) is 38.9 Å². The predicted octanol–water partition coefficient (Wildman–Crippen LogP) is 10.3. The third kappa shape index (κ3) is 2.26. The molecule has 0 radical (unpaired) electrons. The average molecular weight is 837 g/mol. The number of esters is 3. The van der Waals surface area contributed by atoms with Crippen molar-refractivity contribution in [3.05, 3.63) is 163 Å². The first kappa shape index (κ1) is 31.7. The van der Waals surface area contributed by atoms with Gasteiger partial charge in [0.15, 0.2) is 0 Å². The first-order chi connectivity index (χ1) is 31.9. The van der Waals surface area contributed by atoms with E-state index in [4.69, 9.17) is 14.2 Å². The Hall–Kier alpha value is -7.05. The van der Waals surface area contributed by atoms with Crippen LogP contribution in [0.25, 0.3) is 75.8 Å². The maximum Gasteiger partial charge on any atom is 0.338 e. The number of methoxy groups -OCH3 is 3. The SMILES string of the molecule is COC(=O)c1cc(C(=O)OC)c(C2(c3ccccc3)C34C5=CC26C2C7=CC=C8c9ccc%10c%11ccc%12c%13c%14c%15c(c3c3c%16c%17c(c9c%10c(c%11%13)c%17c3%14)C8C7C=%16C246)C5CCC%15%12)cc1C(=O)OC. The Morgan fingerprint density at radius 3 is 2.11 bits per heavy atom. The number of hydrogen-bond donors (Lipinski definition) is 0. The summed E-state index contributed by atoms with van der Waals surface area (Å²) in [5, 5.41) is 19.4. The summed E-state index contributed by atoms with van der Waals surface area (Å²) in [5.74, 6) is -0.634. The van der Waals surface area contributed by atoms with Gasteiger partial charge in [-0.1, -0.05) is 84.0 Å². The molecule has 6 nitrogen and oxygen atoms in total. The quantitative estimate of drug-likeness (QED) is 0.0744. The van der Waals surface area contributed by atoms with Crippen molar-refractivity contribution in [1.82, 2.24) is 0 Å². The number of carbonyl (C=O) groups is 3. The molecule has 0 amide bonds. The molecule has 21 rings (SSSR count). The van der Waals surface area contributed by atoms with Gasteiger partial charge in [0.25, 0.3) is 0 Å². The minimum Gasteiger partial charge on any atom is -0.465 e. The molecule has 0 N–H and O–H groups in total. The molecule has 12 aliphatic carbocycles. The lowest BCUT2D eigenvalue weighted by Gasteiger charge is -2.67. The van der Waals surface area contributed by atoms with Gasteiger partial charge in [-0.2, -0.15) is 0 Å². The van der Waals surface area contributed by atoms with Crippen LogP contribution in [0.1, 0.15) is 106 Å². The highest BCUT2D eigenvalue weighted by atomic mass is 16.5. The molecule has 9 atom stereocenters. The summed E-state index contributed by atoms with van der Waals surface area (Å²) in [6.45, 7) is 0. The molecule has 304 valence electrons. The van der Waals surface area contributed by atoms with Gasteiger partial charge in [-0.25, -0.2) is 14.4 Å². The van der Waals surface area contributed by atoms with Crippen molar-refractivity contribution in [1.29, 1.82) is 0 Å². The lowest BCUT2D eigenvalue weighted by Crippen LogP contribution is -2.70. The molecule has 65 heavy (non-hydrogen) atoms. The maximum atomic E-state index is 14.8. The summed E-state index contributed by atoms with van der Waals surface area (Å²) in [6.07, 6.45) is 9.97. The van der Waals surface area contributed by atoms with E-state index in [9.17, 15) is 14.4 Å². The Kier molecular flexibility index (Phi) is 4.20. The Morgan fingerprint density at radius 2 is 1.31 bits per heavy atom. The largest absolute Gasteiger partial charge is 0.465 e. The smallest absolute Gasteiger partial charge is 0.338 e. The van der Waals surface area contributed by atoms with E-state index < -0.39 is 34.2 Å². The number of benzene rings is 7. The van der Waals surface area contributed by atoms with Crippen LogP contribution >= 0.6 is 0 Å². The van der Waals surface area contributed by atoms with Crippen molar-refractivity contribution in [2.24, 2.45) is 22.7 Å². The molecule has 3 fully saturated rings. The highest BCUT2D eigenvalue weighted by Gasteiger charge is 3.10. The van der Waals surface area contributed by atoms with E-state index >= 15 is 0 Å². The van der Waals surface area contributed by atoms with E-state index in [1.165, 1.54) is 114 Å². The summed E-state index contributed by atoms with van der Waals surface area (Å²) >= 11 is 0. The molecule has 0 aliphatic heterocycles. The fourth-order valence-corrected chi connectivity index (χ4v) is 20.3. The van der Waals surface area contributed by atoms with Gasteiger partial charge >= 0.3 is 17.9 Å². The van der Waals surface area contributed by atoms with Crippen LogP contribution in [-0.4, -0.2) is 39.2 Å². The molecule has 9 aromatic rings. The van der Waals surface area contributed by atoms with Crippen LogP contribution in [-0.2, 0) is 25.0 Å². The van der Waals surface area contributed by atoms with Crippen LogP contribution in [0.3, 0.4) is 0 Å². The van der Waals surface area contributed by atoms with Gasteiger partial charge in [-0.3, -0.25) is 0 Å². The molecule has 0 heterocycles. The normalized spacial score (nSPS) is 33.2. The van der Waals surface area contributed by atoms with Crippen molar-refractivity contribution >= 4 is 93.7 Å². The maximum absolute atomic E-state index is 14.8. The number of fused-ring (bicyclic) bond motifs is 4. The standard InChI is InChI=1S/C59H32O6/c1-63-53(60)29-17-31(55(62)65-3)32(18-30(29)54(61)64-2)57(20-7-5-4-6-8-20)56-19-33-27-15-13-25-23-11-9-21-22-10-12-24-26-14-16-28-41-39(26)44-37(24)35(22)42-34(21)36(23)43-38(25)40(27)50-48-46(43)45(42)47(44)49(48)51(41)59(56,52(28)56)58(33,50)57/h4-12,14,16-19,25,27,39,41,52H,13,15H2,1-3H3. The van der Waals surface area contributed by atoms with Gasteiger partial charge < -0.3 is 14.2 Å². The second kappa shape index (κ2) is 8.60. The fraction of sp³-hybridized carbons (Fsp3) is 0.237. The Balaban J connectivity index is 1.09. The van der Waals surface area contributed by atoms with Crippen LogP contribution in [0, 0.1) is 22.7 Å². The van der Waals surface area contributed by atoms with Crippen molar-refractivity contribution in [3.8, 4) is 0 Å². The third-order valence-electron chi connectivity index (χ3n) is 20.9. The van der Waals surface area contributed by atoms with Crippen LogP contribution in [0.15, 0.2) is 96.1 Å². The molecular formula is C59H32O6. The average Bonchev–Trinajstić information content (AvgIpc) is 4.13. The molecule has 9 unspecified atom stereocenters. The van der Waals surface area contributed by atoms with Gasteiger partial charge in [0.1, 0.15) is 0 Å². The summed E-state index contributed by atoms with van der Waals surface area (Å²) in [6, 6.07) is 24.3. The van der Waals surface area contributed by atoms with Gasteiger partial charge in [0.2, 0.25) is 0 Å². The summed E-state index contributed by atoms with van der Waals surface area (Å²) in [4.78, 5) is 42.7. The van der Waals surface area contributed by atoms with E-state index in [0.29, 0.717) is 11.5 Å². The van der Waals surface area contributed by atoms with E-state index in [2.05, 4.69) is 72.8 Å². The number of hydrogen-bond acceptors (Lipinski definition) is 6. The molecule has 3 saturated carbocycles. The van der Waals surface area contributed by atoms with Gasteiger partial charge in [-0.15, -0.1) is 0 Å². The first-order valence-electron chi connectivity index (χ1n) is 23.4. The van der Waals surface area contributed by atoms with E-state index in [0.717, 1.165) is 24.0 Å². The lowest BCUT2D eigenvalue weighted by atomic mass is 9.32. The zero-order valence-electron chi connectivity index (χ0n) is 35.3. The van der Waals surface area contributed by atoms with E-state index in [1.807, 2.05) is 6.07 Å². The Bertz CT molecular complexity index is 4350. The second-order valence-corrected chi connectivity index (χ2v) is 21.4. The van der Waals surface area contributed by atoms with Crippen LogP contribution < -0.4 is 5.22 Å². The number of allylic oxidation sites excluding steroid dienone is 6. The minimum atomic E-state index is -0.847. The lowest BCUT2D eigenvalue weighted by molar-refractivity contribution is 0.0466. The van der Waals surface area contributed by atoms with Crippen LogP contribution in [0.4, 0.5) is 0 Å². The van der Waals surface area contributed by atoms with Crippen molar-refractivity contribution < 1.29 is 28.6 Å². The summed E-state index contributed by atoms with van der Waals surface area (Å²) in [7, 11) is 4.06. The molecule has 2 bridgehead atoms. The van der Waals surface area contributed by atoms with Gasteiger partial charge in [0, 0.05) is 51.2 Å². The molecule has 3 spiro atoms. The molecule has 0 saturated heterocycles. The zero-order valence-corrected chi connectivity index (χ0v) is 35.3. The van der Waals surface area contributed by atoms with Crippen molar-refractivity contribution in [2.45, 2.75) is 41.4 Å². The molecule has 6 heteroatoms. The highest BCUT2D eigenvalue weighted by molar-refractivity contribution is 6.52. The monoisotopic (exact) mass is 836 g/mol. The van der Waals surface area contributed by atoms with Crippen molar-refractivity contribution in [3.63, 3.8) is 0 Å². The molecule has 9 aromatic carbocycles. The van der Waals surface area contributed by atoms with Gasteiger partial charge in [0.05, 0.1) is 38.0 Å². The summed E-state index contributed by atoms with van der Waals surface area (Å²) in [5.41, 5.74) is 15.5. The minimum absolute atomic E-state index is 0.00352. The highest BCUT2D eigenvalue weighted by Crippen LogP contribution is 3.11. The number of rotatable bonds is 5. The Labute approximate surface area is 368 Å². The molecule has 12 aliphatic rings. The Morgan fingerprint density at radius 1 is 0.600 bits per heavy atom. The molecule has 0 aromatic heterocycles. The zero-order chi connectivity index (χ0) is 42.2. The molecular weight excluding hydrogens is 805 g/mol. The third-order valence-corrected chi connectivity index (χ3v) is 20.9. The second-order valence-electron chi connectivity index (χ2n) is 21.4. The fourth-order valence-electron chi connectivity index (χ4n) is 20.3. The first-order valence-corrected chi connectivity index (χ1v) is 23.4. The van der Waals surface area contributed by atoms with Crippen LogP contribution in [0.2, 0.25) is 0 Å². The number of ether oxygens (including phenoxy) is 3. The van der Waals surface area contributed by atoms with E-state index in [-0.39, 0.29) is 40.2 Å². The number of carbonyl (C=O) groups excluding carboxylic acids is 3. The topological polar surface area (TPSA) is 78.9 Å². The van der Waals surface area contributed by atoms with Crippen LogP contribution in [0.5, 0.6) is 0 Å². The van der Waals surface area contributed by atoms with Crippen molar-refractivity contribution in [2.75, 3.05) is 21.3 Å².